The zero-order valence-corrected chi connectivity index (χ0v) is 22.6. The number of benzene rings is 1. The van der Waals surface area contributed by atoms with Gasteiger partial charge < -0.3 is 16.0 Å². The van der Waals surface area contributed by atoms with Crippen molar-refractivity contribution in [2.24, 2.45) is 11.7 Å². The highest BCUT2D eigenvalue weighted by Gasteiger charge is 2.30. The molecule has 1 saturated carbocycles. The van der Waals surface area contributed by atoms with Crippen molar-refractivity contribution < 1.29 is 14.4 Å². The molecule has 3 amide bonds. The average Bonchev–Trinajstić information content (AvgIpc) is 3.45. The monoisotopic (exact) mass is 533 g/mol. The summed E-state index contributed by atoms with van der Waals surface area (Å²) in [6.45, 7) is 3.60. The average molecular weight is 534 g/mol. The molecule has 1 atom stereocenters. The van der Waals surface area contributed by atoms with Gasteiger partial charge in [0.05, 0.1) is 34.7 Å². The van der Waals surface area contributed by atoms with E-state index in [9.17, 15) is 14.4 Å². The maximum Gasteiger partial charge on any atom is 0.252 e. The largest absolute Gasteiger partial charge is 0.368 e. The highest BCUT2D eigenvalue weighted by atomic mass is 32.1. The van der Waals surface area contributed by atoms with Crippen molar-refractivity contribution in [3.05, 3.63) is 52.9 Å². The van der Waals surface area contributed by atoms with Crippen LogP contribution >= 0.6 is 11.3 Å². The highest BCUT2D eigenvalue weighted by molar-refractivity contribution is 7.13. The number of para-hydroxylation sites is 1. The summed E-state index contributed by atoms with van der Waals surface area (Å²) in [4.78, 5) is 47.7. The van der Waals surface area contributed by atoms with Crippen LogP contribution < -0.4 is 11.1 Å². The summed E-state index contributed by atoms with van der Waals surface area (Å²) in [7, 11) is 0. The number of fused-ring (bicyclic) bond motifs is 1. The van der Waals surface area contributed by atoms with Gasteiger partial charge in [-0.05, 0) is 43.2 Å². The second-order valence-corrected chi connectivity index (χ2v) is 11.4. The van der Waals surface area contributed by atoms with Crippen LogP contribution in [0, 0.1) is 5.92 Å². The Morgan fingerprint density at radius 2 is 1.92 bits per heavy atom. The van der Waals surface area contributed by atoms with E-state index < -0.39 is 5.91 Å². The minimum absolute atomic E-state index is 0.0721. The Bertz CT molecular complexity index is 1320. The fourth-order valence-electron chi connectivity index (χ4n) is 5.78. The molecule has 2 fully saturated rings. The van der Waals surface area contributed by atoms with Crippen molar-refractivity contribution in [1.29, 1.82) is 0 Å². The Kier molecular flexibility index (Phi) is 8.04. The number of carbonyl (C=O) groups excluding carboxylic acids is 3. The lowest BCUT2D eigenvalue weighted by atomic mass is 9.84. The number of pyridine rings is 1. The van der Waals surface area contributed by atoms with Crippen LogP contribution in [0.1, 0.15) is 54.9 Å². The van der Waals surface area contributed by atoms with Gasteiger partial charge in [0.1, 0.15) is 0 Å². The third-order valence-electron chi connectivity index (χ3n) is 7.82. The molecule has 0 radical (unpaired) electrons. The quantitative estimate of drug-likeness (QED) is 0.458. The zero-order chi connectivity index (χ0) is 26.6. The molecule has 200 valence electrons. The van der Waals surface area contributed by atoms with Crippen LogP contribution in [0.3, 0.4) is 0 Å². The Balaban J connectivity index is 1.52. The number of hydrogen-bond acceptors (Lipinski definition) is 6. The van der Waals surface area contributed by atoms with E-state index >= 15 is 0 Å². The molecule has 3 aromatic rings. The van der Waals surface area contributed by atoms with E-state index in [1.807, 2.05) is 46.7 Å². The van der Waals surface area contributed by atoms with Crippen LogP contribution in [0.25, 0.3) is 21.5 Å². The van der Waals surface area contributed by atoms with Crippen molar-refractivity contribution in [1.82, 2.24) is 20.1 Å². The first-order valence-electron chi connectivity index (χ1n) is 13.5. The number of nitrogens with zero attached hydrogens (tertiary/aromatic N) is 3. The summed E-state index contributed by atoms with van der Waals surface area (Å²) in [6, 6.07) is 11.9. The summed E-state index contributed by atoms with van der Waals surface area (Å²) >= 11 is 1.59. The minimum Gasteiger partial charge on any atom is -0.368 e. The van der Waals surface area contributed by atoms with E-state index in [1.54, 1.807) is 11.3 Å². The number of thiophene rings is 1. The van der Waals surface area contributed by atoms with Gasteiger partial charge >= 0.3 is 0 Å². The number of carbonyl (C=O) groups is 3. The number of primary amides is 1. The molecular weight excluding hydrogens is 498 g/mol. The van der Waals surface area contributed by atoms with E-state index in [4.69, 9.17) is 10.7 Å². The van der Waals surface area contributed by atoms with Gasteiger partial charge in [0.2, 0.25) is 11.8 Å². The third-order valence-corrected chi connectivity index (χ3v) is 8.69. The Labute approximate surface area is 227 Å². The van der Waals surface area contributed by atoms with E-state index in [2.05, 4.69) is 12.2 Å². The number of rotatable bonds is 8. The van der Waals surface area contributed by atoms with Crippen molar-refractivity contribution in [2.75, 3.05) is 26.2 Å². The van der Waals surface area contributed by atoms with E-state index in [1.165, 1.54) is 24.2 Å². The number of nitrogens with two attached hydrogens (primary N) is 1. The van der Waals surface area contributed by atoms with Gasteiger partial charge in [-0.1, -0.05) is 43.5 Å². The van der Waals surface area contributed by atoms with Crippen LogP contribution in [0.2, 0.25) is 0 Å². The van der Waals surface area contributed by atoms with Gasteiger partial charge in [-0.2, -0.15) is 0 Å². The van der Waals surface area contributed by atoms with Crippen molar-refractivity contribution in [3.8, 4) is 10.6 Å². The van der Waals surface area contributed by atoms with E-state index in [-0.39, 0.29) is 30.9 Å². The Hall–Kier alpha value is -3.30. The zero-order valence-electron chi connectivity index (χ0n) is 21.8. The number of piperazine rings is 1. The lowest BCUT2D eigenvalue weighted by Crippen LogP contribution is -2.52. The summed E-state index contributed by atoms with van der Waals surface area (Å²) in [5.41, 5.74) is 8.34. The van der Waals surface area contributed by atoms with Crippen molar-refractivity contribution in [3.63, 3.8) is 0 Å². The van der Waals surface area contributed by atoms with Crippen LogP contribution in [0.5, 0.6) is 0 Å². The number of amides is 3. The van der Waals surface area contributed by atoms with Gasteiger partial charge in [-0.25, -0.2) is 4.98 Å². The predicted octanol–water partition coefficient (Wildman–Crippen LogP) is 3.79. The molecule has 2 aliphatic rings. The fourth-order valence-corrected chi connectivity index (χ4v) is 6.53. The second kappa shape index (κ2) is 11.6. The number of aromatic nitrogens is 1. The molecule has 1 aliphatic carbocycles. The third kappa shape index (κ3) is 5.73. The van der Waals surface area contributed by atoms with Crippen molar-refractivity contribution in [2.45, 2.75) is 51.6 Å². The molecule has 5 rings (SSSR count). The standard InChI is InChI=1S/C29H35N5O3S/c1-19(20-8-3-2-4-9-20)31-29(37)27-21-10-5-6-11-23(21)32-28(24-12-7-15-38-24)22(27)16-33-13-14-34(17-25(30)35)26(36)18-33/h5-7,10-12,15,19-20H,2-4,8-9,13-14,16-18H2,1H3,(H2,30,35)(H,31,37)/t19-/m0/s1. The van der Waals surface area contributed by atoms with Gasteiger partial charge in [0, 0.05) is 36.6 Å². The first kappa shape index (κ1) is 26.3. The molecule has 0 unspecified atom stereocenters. The molecule has 2 aromatic heterocycles. The second-order valence-electron chi connectivity index (χ2n) is 10.5. The van der Waals surface area contributed by atoms with E-state index in [0.717, 1.165) is 39.9 Å². The molecule has 3 N–H and O–H groups in total. The summed E-state index contributed by atoms with van der Waals surface area (Å²) in [5, 5.41) is 6.16. The number of nitrogens with one attached hydrogen (secondary N) is 1. The normalized spacial score (nSPS) is 18.0. The first-order chi connectivity index (χ1) is 18.4. The molecule has 1 saturated heterocycles. The first-order valence-corrected chi connectivity index (χ1v) is 14.3. The van der Waals surface area contributed by atoms with Gasteiger partial charge in [-0.15, -0.1) is 11.3 Å². The van der Waals surface area contributed by atoms with Crippen LogP contribution in [-0.2, 0) is 16.1 Å². The SMILES string of the molecule is C[C@H](NC(=O)c1c(CN2CCN(CC(N)=O)C(=O)C2)c(-c2cccs2)nc2ccccc12)C1CCCCC1. The van der Waals surface area contributed by atoms with Gasteiger partial charge in [-0.3, -0.25) is 19.3 Å². The smallest absolute Gasteiger partial charge is 0.252 e. The molecule has 0 spiro atoms. The molecular formula is C29H35N5O3S. The highest BCUT2D eigenvalue weighted by Crippen LogP contribution is 2.34. The molecule has 38 heavy (non-hydrogen) atoms. The molecule has 3 heterocycles. The van der Waals surface area contributed by atoms with E-state index in [0.29, 0.717) is 31.1 Å². The lowest BCUT2D eigenvalue weighted by molar-refractivity contribution is -0.139. The Morgan fingerprint density at radius 1 is 1.13 bits per heavy atom. The predicted molar refractivity (Wildman–Crippen MR) is 150 cm³/mol. The number of hydrogen-bond donors (Lipinski definition) is 2. The molecule has 8 nitrogen and oxygen atoms in total. The van der Waals surface area contributed by atoms with Gasteiger partial charge in [0.15, 0.2) is 0 Å². The van der Waals surface area contributed by atoms with Crippen molar-refractivity contribution >= 4 is 40.0 Å². The molecule has 1 aromatic carbocycles. The molecule has 0 bridgehead atoms. The summed E-state index contributed by atoms with van der Waals surface area (Å²) in [5.74, 6) is -0.264. The lowest BCUT2D eigenvalue weighted by Gasteiger charge is -2.34. The van der Waals surface area contributed by atoms with Gasteiger partial charge in [0.25, 0.3) is 5.91 Å². The Morgan fingerprint density at radius 3 is 2.63 bits per heavy atom. The summed E-state index contributed by atoms with van der Waals surface area (Å²) < 4.78 is 0. The fraction of sp³-hybridized carbons (Fsp3) is 0.448. The van der Waals surface area contributed by atoms with Crippen LogP contribution in [-0.4, -0.2) is 64.7 Å². The van der Waals surface area contributed by atoms with Crippen LogP contribution in [0.15, 0.2) is 41.8 Å². The minimum atomic E-state index is -0.517. The maximum atomic E-state index is 14.1. The maximum absolute atomic E-state index is 14.1. The summed E-state index contributed by atoms with van der Waals surface area (Å²) in [6.07, 6.45) is 5.98. The topological polar surface area (TPSA) is 109 Å². The molecule has 9 heteroatoms. The van der Waals surface area contributed by atoms with Crippen LogP contribution in [0.4, 0.5) is 0 Å². The molecule has 1 aliphatic heterocycles.